The first-order valence-electron chi connectivity index (χ1n) is 7.39. The van der Waals surface area contributed by atoms with Crippen LogP contribution in [-0.2, 0) is 4.74 Å². The number of hydrogen-bond acceptors (Lipinski definition) is 4. The molecule has 2 N–H and O–H groups in total. The molecule has 0 atom stereocenters. The van der Waals surface area contributed by atoms with E-state index in [0.717, 1.165) is 36.8 Å². The van der Waals surface area contributed by atoms with Gasteiger partial charge in [-0.2, -0.15) is 0 Å². The highest BCUT2D eigenvalue weighted by Gasteiger charge is 2.24. The molecule has 0 radical (unpaired) electrons. The van der Waals surface area contributed by atoms with Crippen molar-refractivity contribution in [3.8, 4) is 11.1 Å². The van der Waals surface area contributed by atoms with E-state index in [4.69, 9.17) is 10.5 Å². The zero-order valence-corrected chi connectivity index (χ0v) is 12.7. The second-order valence-corrected chi connectivity index (χ2v) is 6.33. The van der Waals surface area contributed by atoms with Crippen LogP contribution in [0.2, 0.25) is 0 Å². The molecule has 1 fully saturated rings. The van der Waals surface area contributed by atoms with Crippen LogP contribution in [-0.4, -0.2) is 12.1 Å². The lowest BCUT2D eigenvalue weighted by Crippen LogP contribution is -2.21. The average molecular weight is 301 g/mol. The Balaban J connectivity index is 1.84. The number of hydrogen-bond donors (Lipinski definition) is 1. The molecule has 0 saturated heterocycles. The molecular weight excluding hydrogens is 282 g/mol. The van der Waals surface area contributed by atoms with Crippen LogP contribution >= 0.6 is 11.3 Å². The van der Waals surface area contributed by atoms with Gasteiger partial charge in [-0.1, -0.05) is 36.8 Å². The first-order chi connectivity index (χ1) is 10.3. The number of ether oxygens (including phenoxy) is 1. The molecule has 3 nitrogen and oxygen atoms in total. The van der Waals surface area contributed by atoms with Crippen molar-refractivity contribution in [3.05, 3.63) is 41.3 Å². The number of anilines is 1. The Labute approximate surface area is 128 Å². The summed E-state index contributed by atoms with van der Waals surface area (Å²) in [6, 6.07) is 9.84. The van der Waals surface area contributed by atoms with E-state index in [1.807, 2.05) is 35.7 Å². The fourth-order valence-corrected chi connectivity index (χ4v) is 3.62. The fraction of sp³-hybridized carbons (Fsp3) is 0.353. The van der Waals surface area contributed by atoms with Gasteiger partial charge in [-0.3, -0.25) is 0 Å². The topological polar surface area (TPSA) is 52.3 Å². The fourth-order valence-electron chi connectivity index (χ4n) is 2.81. The number of rotatable bonds is 3. The van der Waals surface area contributed by atoms with Gasteiger partial charge >= 0.3 is 5.97 Å². The molecule has 110 valence electrons. The van der Waals surface area contributed by atoms with Crippen molar-refractivity contribution in [2.45, 2.75) is 38.2 Å². The van der Waals surface area contributed by atoms with Gasteiger partial charge in [0.1, 0.15) is 16.7 Å². The smallest absolute Gasteiger partial charge is 0.342 e. The zero-order valence-electron chi connectivity index (χ0n) is 11.9. The molecule has 1 aromatic heterocycles. The van der Waals surface area contributed by atoms with Gasteiger partial charge in [0, 0.05) is 10.9 Å². The Bertz CT molecular complexity index is 615. The summed E-state index contributed by atoms with van der Waals surface area (Å²) in [4.78, 5) is 12.5. The van der Waals surface area contributed by atoms with Gasteiger partial charge in [0.15, 0.2) is 0 Å². The van der Waals surface area contributed by atoms with Crippen molar-refractivity contribution in [2.24, 2.45) is 0 Å². The number of benzene rings is 1. The summed E-state index contributed by atoms with van der Waals surface area (Å²) in [6.45, 7) is 0. The third kappa shape index (κ3) is 3.10. The largest absolute Gasteiger partial charge is 0.459 e. The summed E-state index contributed by atoms with van der Waals surface area (Å²) < 4.78 is 5.67. The second-order valence-electron chi connectivity index (χ2n) is 5.42. The average Bonchev–Trinajstić information content (AvgIpc) is 2.91. The van der Waals surface area contributed by atoms with E-state index < -0.39 is 0 Å². The van der Waals surface area contributed by atoms with E-state index in [2.05, 4.69) is 0 Å². The third-order valence-electron chi connectivity index (χ3n) is 3.93. The highest BCUT2D eigenvalue weighted by atomic mass is 32.1. The van der Waals surface area contributed by atoms with Crippen LogP contribution in [0.15, 0.2) is 35.7 Å². The van der Waals surface area contributed by atoms with Crippen LogP contribution in [0.4, 0.5) is 5.00 Å². The number of nitrogen functional groups attached to an aromatic ring is 1. The molecule has 4 heteroatoms. The molecule has 3 rings (SSSR count). The maximum Gasteiger partial charge on any atom is 0.342 e. The molecule has 2 aromatic rings. The third-order valence-corrected chi connectivity index (χ3v) is 4.75. The number of carbonyl (C=O) groups excluding carboxylic acids is 1. The molecule has 0 amide bonds. The Morgan fingerprint density at radius 2 is 1.86 bits per heavy atom. The monoisotopic (exact) mass is 301 g/mol. The quantitative estimate of drug-likeness (QED) is 0.850. The summed E-state index contributed by atoms with van der Waals surface area (Å²) in [7, 11) is 0. The van der Waals surface area contributed by atoms with Gasteiger partial charge in [-0.15, -0.1) is 11.3 Å². The van der Waals surface area contributed by atoms with Crippen LogP contribution in [0.3, 0.4) is 0 Å². The Hall–Kier alpha value is -1.81. The maximum atomic E-state index is 12.5. The van der Waals surface area contributed by atoms with E-state index in [-0.39, 0.29) is 12.1 Å². The van der Waals surface area contributed by atoms with Gasteiger partial charge in [-0.25, -0.2) is 4.79 Å². The Morgan fingerprint density at radius 1 is 1.14 bits per heavy atom. The van der Waals surface area contributed by atoms with Crippen molar-refractivity contribution in [3.63, 3.8) is 0 Å². The van der Waals surface area contributed by atoms with E-state index in [0.29, 0.717) is 10.6 Å². The van der Waals surface area contributed by atoms with Crippen LogP contribution in [0.5, 0.6) is 0 Å². The Kier molecular flexibility index (Phi) is 4.25. The van der Waals surface area contributed by atoms with Crippen LogP contribution in [0, 0.1) is 0 Å². The van der Waals surface area contributed by atoms with Gasteiger partial charge < -0.3 is 10.5 Å². The zero-order chi connectivity index (χ0) is 14.7. The van der Waals surface area contributed by atoms with E-state index in [1.54, 1.807) is 0 Å². The molecule has 0 bridgehead atoms. The molecule has 1 heterocycles. The first kappa shape index (κ1) is 14.1. The van der Waals surface area contributed by atoms with Gasteiger partial charge in [-0.05, 0) is 31.2 Å². The van der Waals surface area contributed by atoms with E-state index >= 15 is 0 Å². The Morgan fingerprint density at radius 3 is 2.57 bits per heavy atom. The molecule has 1 aliphatic rings. The lowest BCUT2D eigenvalue weighted by molar-refractivity contribution is 0.0214. The van der Waals surface area contributed by atoms with Crippen molar-refractivity contribution in [1.82, 2.24) is 0 Å². The molecule has 1 aliphatic carbocycles. The normalized spacial score (nSPS) is 15.8. The summed E-state index contributed by atoms with van der Waals surface area (Å²) in [5.74, 6) is -0.278. The van der Waals surface area contributed by atoms with Crippen LogP contribution < -0.4 is 5.73 Å². The minimum absolute atomic E-state index is 0.0502. The van der Waals surface area contributed by atoms with Crippen molar-refractivity contribution >= 4 is 22.3 Å². The van der Waals surface area contributed by atoms with Crippen molar-refractivity contribution < 1.29 is 9.53 Å². The van der Waals surface area contributed by atoms with Crippen molar-refractivity contribution in [2.75, 3.05) is 5.73 Å². The lowest BCUT2D eigenvalue weighted by Gasteiger charge is -2.22. The highest BCUT2D eigenvalue weighted by molar-refractivity contribution is 7.14. The number of esters is 1. The van der Waals surface area contributed by atoms with Gasteiger partial charge in [0.25, 0.3) is 0 Å². The van der Waals surface area contributed by atoms with Crippen molar-refractivity contribution in [1.29, 1.82) is 0 Å². The minimum atomic E-state index is -0.278. The number of thiophene rings is 1. The minimum Gasteiger partial charge on any atom is -0.459 e. The summed E-state index contributed by atoms with van der Waals surface area (Å²) in [6.07, 6.45) is 5.51. The predicted octanol–water partition coefficient (Wildman–Crippen LogP) is 4.49. The van der Waals surface area contributed by atoms with Gasteiger partial charge in [0.2, 0.25) is 0 Å². The highest BCUT2D eigenvalue weighted by Crippen LogP contribution is 2.35. The second kappa shape index (κ2) is 6.31. The van der Waals surface area contributed by atoms with Gasteiger partial charge in [0.05, 0.1) is 0 Å². The molecular formula is C17H19NO2S. The molecule has 0 unspecified atom stereocenters. The summed E-state index contributed by atoms with van der Waals surface area (Å²) in [5.41, 5.74) is 8.40. The number of nitrogens with two attached hydrogens (primary N) is 1. The molecule has 0 spiro atoms. The lowest BCUT2D eigenvalue weighted by atomic mass is 9.97. The predicted molar refractivity (Wildman–Crippen MR) is 86.5 cm³/mol. The number of carbonyl (C=O) groups is 1. The SMILES string of the molecule is Nc1scc(-c2ccccc2)c1C(=O)OC1CCCCC1. The van der Waals surface area contributed by atoms with Crippen LogP contribution in [0.25, 0.3) is 11.1 Å². The van der Waals surface area contributed by atoms with E-state index in [9.17, 15) is 4.79 Å². The summed E-state index contributed by atoms with van der Waals surface area (Å²) >= 11 is 1.39. The standard InChI is InChI=1S/C17H19NO2S/c18-16-15(17(19)20-13-9-5-2-6-10-13)14(11-21-16)12-7-3-1-4-8-12/h1,3-4,7-8,11,13H,2,5-6,9-10,18H2. The molecule has 21 heavy (non-hydrogen) atoms. The van der Waals surface area contributed by atoms with E-state index in [1.165, 1.54) is 17.8 Å². The molecule has 1 saturated carbocycles. The maximum absolute atomic E-state index is 12.5. The molecule has 0 aliphatic heterocycles. The summed E-state index contributed by atoms with van der Waals surface area (Å²) in [5, 5.41) is 2.47. The van der Waals surface area contributed by atoms with Crippen LogP contribution in [0.1, 0.15) is 42.5 Å². The first-order valence-corrected chi connectivity index (χ1v) is 8.27. The molecule has 1 aromatic carbocycles.